The average Bonchev–Trinajstić information content (AvgIpc) is 2.57. The van der Waals surface area contributed by atoms with E-state index in [0.29, 0.717) is 0 Å². The molecule has 22 heavy (non-hydrogen) atoms. The summed E-state index contributed by atoms with van der Waals surface area (Å²) in [5.41, 5.74) is 1.13. The van der Waals surface area contributed by atoms with Gasteiger partial charge in [-0.1, -0.05) is 24.3 Å². The molecule has 120 valence electrons. The van der Waals surface area contributed by atoms with E-state index in [9.17, 15) is 5.11 Å². The molecule has 1 aromatic rings. The Bertz CT molecular complexity index is 547. The Balaban J connectivity index is 1.70. The first-order chi connectivity index (χ1) is 10.1. The van der Waals surface area contributed by atoms with Crippen molar-refractivity contribution < 1.29 is 14.4 Å². The van der Waals surface area contributed by atoms with Gasteiger partial charge in [-0.2, -0.15) is 0 Å². The highest BCUT2D eigenvalue weighted by atomic mass is 16.7. The molecular formula is C17H26BNO3. The Morgan fingerprint density at radius 3 is 2.23 bits per heavy atom. The van der Waals surface area contributed by atoms with E-state index in [2.05, 4.69) is 50.8 Å². The molecule has 2 heterocycles. The third-order valence-corrected chi connectivity index (χ3v) is 5.01. The monoisotopic (exact) mass is 303 g/mol. The van der Waals surface area contributed by atoms with Crippen LogP contribution in [0.2, 0.25) is 0 Å². The van der Waals surface area contributed by atoms with Gasteiger partial charge in [-0.3, -0.25) is 4.90 Å². The summed E-state index contributed by atoms with van der Waals surface area (Å²) in [5, 5.41) is 9.82. The summed E-state index contributed by atoms with van der Waals surface area (Å²) in [6, 6.07) is 8.36. The summed E-state index contributed by atoms with van der Waals surface area (Å²) in [5.74, 6) is 0. The summed E-state index contributed by atoms with van der Waals surface area (Å²) in [6.45, 7) is 12.5. The zero-order valence-electron chi connectivity index (χ0n) is 14.2. The van der Waals surface area contributed by atoms with Gasteiger partial charge in [-0.15, -0.1) is 0 Å². The zero-order valence-corrected chi connectivity index (χ0v) is 14.2. The maximum atomic E-state index is 9.82. The lowest BCUT2D eigenvalue weighted by Crippen LogP contribution is -2.59. The minimum atomic E-state index is -0.524. The molecule has 1 N–H and O–H groups in total. The van der Waals surface area contributed by atoms with Gasteiger partial charge in [0.1, 0.15) is 0 Å². The van der Waals surface area contributed by atoms with E-state index >= 15 is 0 Å². The second-order valence-corrected chi connectivity index (χ2v) is 7.98. The third kappa shape index (κ3) is 2.95. The van der Waals surface area contributed by atoms with Crippen LogP contribution >= 0.6 is 0 Å². The van der Waals surface area contributed by atoms with Crippen LogP contribution in [-0.4, -0.2) is 47.0 Å². The van der Waals surface area contributed by atoms with Crippen LogP contribution in [0, 0.1) is 0 Å². The van der Waals surface area contributed by atoms with Crippen molar-refractivity contribution in [3.05, 3.63) is 29.8 Å². The van der Waals surface area contributed by atoms with Gasteiger partial charge in [0, 0.05) is 19.6 Å². The van der Waals surface area contributed by atoms with Gasteiger partial charge in [-0.25, -0.2) is 0 Å². The molecule has 0 aromatic heterocycles. The molecule has 0 atom stereocenters. The standard InChI is InChI=1S/C17H26BNO3/c1-15(2)16(3,4)22-18(21-15)14-8-6-7-13(9-14)10-19-11-17(5,20)12-19/h6-9,20H,10-12H2,1-5H3. The predicted octanol–water partition coefficient (Wildman–Crippen LogP) is 1.55. The second kappa shape index (κ2) is 5.06. The molecule has 2 aliphatic heterocycles. The molecule has 0 amide bonds. The Kier molecular flexibility index (Phi) is 3.68. The Morgan fingerprint density at radius 2 is 1.68 bits per heavy atom. The zero-order chi connectivity index (χ0) is 16.2. The first-order valence-corrected chi connectivity index (χ1v) is 7.97. The normalized spacial score (nSPS) is 26.0. The van der Waals surface area contributed by atoms with E-state index in [1.165, 1.54) is 5.56 Å². The van der Waals surface area contributed by atoms with E-state index in [1.54, 1.807) is 0 Å². The fourth-order valence-corrected chi connectivity index (χ4v) is 3.10. The molecule has 0 spiro atoms. The number of aliphatic hydroxyl groups is 1. The van der Waals surface area contributed by atoms with Crippen molar-refractivity contribution in [2.75, 3.05) is 13.1 Å². The molecule has 1 aromatic carbocycles. The van der Waals surface area contributed by atoms with Crippen LogP contribution < -0.4 is 5.46 Å². The highest BCUT2D eigenvalue weighted by Crippen LogP contribution is 2.36. The van der Waals surface area contributed by atoms with Crippen molar-refractivity contribution in [2.45, 2.75) is 58.0 Å². The van der Waals surface area contributed by atoms with E-state index < -0.39 is 5.60 Å². The molecule has 3 rings (SSSR count). The average molecular weight is 303 g/mol. The summed E-state index contributed by atoms with van der Waals surface area (Å²) >= 11 is 0. The number of hydrogen-bond donors (Lipinski definition) is 1. The van der Waals surface area contributed by atoms with Gasteiger partial charge in [0.25, 0.3) is 0 Å². The molecule has 0 saturated carbocycles. The molecule has 2 fully saturated rings. The summed E-state index contributed by atoms with van der Waals surface area (Å²) in [6.07, 6.45) is 0. The molecule has 0 unspecified atom stereocenters. The van der Waals surface area contributed by atoms with Gasteiger partial charge in [0.15, 0.2) is 0 Å². The van der Waals surface area contributed by atoms with E-state index in [4.69, 9.17) is 9.31 Å². The number of β-amino-alcohol motifs (C(OH)–C–C–N with tert-alkyl or cyclic N) is 1. The van der Waals surface area contributed by atoms with Crippen LogP contribution in [0.3, 0.4) is 0 Å². The summed E-state index contributed by atoms with van der Waals surface area (Å²) in [7, 11) is -0.315. The van der Waals surface area contributed by atoms with Crippen molar-refractivity contribution in [2.24, 2.45) is 0 Å². The van der Waals surface area contributed by atoms with E-state index in [0.717, 1.165) is 25.1 Å². The van der Waals surface area contributed by atoms with Gasteiger partial charge in [-0.05, 0) is 45.6 Å². The molecule has 4 nitrogen and oxygen atoms in total. The van der Waals surface area contributed by atoms with Gasteiger partial charge in [0.05, 0.1) is 16.8 Å². The highest BCUT2D eigenvalue weighted by molar-refractivity contribution is 6.62. The second-order valence-electron chi connectivity index (χ2n) is 7.98. The number of rotatable bonds is 3. The highest BCUT2D eigenvalue weighted by Gasteiger charge is 2.51. The van der Waals surface area contributed by atoms with Crippen molar-refractivity contribution in [1.82, 2.24) is 4.90 Å². The molecule has 0 bridgehead atoms. The molecule has 0 aliphatic carbocycles. The Labute approximate surface area is 133 Å². The first-order valence-electron chi connectivity index (χ1n) is 7.97. The Hall–Kier alpha value is -0.875. The first kappa shape index (κ1) is 16.0. The molecular weight excluding hydrogens is 277 g/mol. The topological polar surface area (TPSA) is 41.9 Å². The van der Waals surface area contributed by atoms with E-state index in [1.807, 2.05) is 13.0 Å². The van der Waals surface area contributed by atoms with Crippen LogP contribution in [0.5, 0.6) is 0 Å². The van der Waals surface area contributed by atoms with Crippen LogP contribution in [-0.2, 0) is 15.9 Å². The number of likely N-dealkylation sites (tertiary alicyclic amines) is 1. The van der Waals surface area contributed by atoms with Crippen molar-refractivity contribution in [1.29, 1.82) is 0 Å². The Morgan fingerprint density at radius 1 is 1.09 bits per heavy atom. The lowest BCUT2D eigenvalue weighted by Gasteiger charge is -2.44. The maximum absolute atomic E-state index is 9.82. The quantitative estimate of drug-likeness (QED) is 0.860. The fraction of sp³-hybridized carbons (Fsp3) is 0.647. The fourth-order valence-electron chi connectivity index (χ4n) is 3.10. The van der Waals surface area contributed by atoms with E-state index in [-0.39, 0.29) is 18.3 Å². The molecule has 2 saturated heterocycles. The van der Waals surface area contributed by atoms with Crippen LogP contribution in [0.1, 0.15) is 40.2 Å². The molecule has 2 aliphatic rings. The van der Waals surface area contributed by atoms with Gasteiger partial charge >= 0.3 is 7.12 Å². The largest absolute Gasteiger partial charge is 0.494 e. The van der Waals surface area contributed by atoms with Gasteiger partial charge in [0.2, 0.25) is 0 Å². The van der Waals surface area contributed by atoms with Crippen LogP contribution in [0.4, 0.5) is 0 Å². The van der Waals surface area contributed by atoms with Crippen molar-refractivity contribution in [3.63, 3.8) is 0 Å². The smallest absolute Gasteiger partial charge is 0.399 e. The minimum absolute atomic E-state index is 0.315. The number of hydrogen-bond acceptors (Lipinski definition) is 4. The van der Waals surface area contributed by atoms with Gasteiger partial charge < -0.3 is 14.4 Å². The lowest BCUT2D eigenvalue weighted by molar-refractivity contribution is -0.0871. The van der Waals surface area contributed by atoms with Crippen LogP contribution in [0.25, 0.3) is 0 Å². The van der Waals surface area contributed by atoms with Crippen molar-refractivity contribution in [3.8, 4) is 0 Å². The summed E-state index contributed by atoms with van der Waals surface area (Å²) < 4.78 is 12.2. The number of nitrogens with zero attached hydrogens (tertiary/aromatic N) is 1. The maximum Gasteiger partial charge on any atom is 0.494 e. The van der Waals surface area contributed by atoms with Crippen LogP contribution in [0.15, 0.2) is 24.3 Å². The third-order valence-electron chi connectivity index (χ3n) is 5.01. The summed E-state index contributed by atoms with van der Waals surface area (Å²) in [4.78, 5) is 2.24. The molecule has 0 radical (unpaired) electrons. The predicted molar refractivity (Wildman–Crippen MR) is 88.1 cm³/mol. The SMILES string of the molecule is CC1(O)CN(Cc2cccc(B3OC(C)(C)C(C)(C)O3)c2)C1. The van der Waals surface area contributed by atoms with Crippen molar-refractivity contribution >= 4 is 12.6 Å². The molecule has 5 heteroatoms. The minimum Gasteiger partial charge on any atom is -0.399 e. The number of benzene rings is 1. The lowest BCUT2D eigenvalue weighted by atomic mass is 9.78.